The predicted molar refractivity (Wildman–Crippen MR) is 176 cm³/mol. The SMILES string of the molecule is CCCC(=O)OCC(=O)[C@]1(OC(=O)CCC)[C@H](C)C[C@H]2[C@@H]3[C@@H](OS(C)(=O)=O)[C@@H](OS(C)(=O)=O)C4=CC(=O)C=C[C@]4(C)[C@@]3(Cl)[C@@H](Cl)C[C@@]21C. The second-order valence-electron chi connectivity index (χ2n) is 13.9. The molecule has 0 N–H and O–H groups in total. The molecule has 0 aromatic heterocycles. The molecule has 0 spiro atoms. The molecule has 3 saturated carbocycles. The molecular formula is C32H44Cl2O12S2. The van der Waals surface area contributed by atoms with Crippen molar-refractivity contribution in [1.29, 1.82) is 0 Å². The van der Waals surface area contributed by atoms with E-state index in [1.807, 2.05) is 0 Å². The van der Waals surface area contributed by atoms with Crippen LogP contribution in [0.1, 0.15) is 73.1 Å². The van der Waals surface area contributed by atoms with Crippen LogP contribution in [-0.4, -0.2) is 87.5 Å². The first-order valence-corrected chi connectivity index (χ1v) is 20.4. The van der Waals surface area contributed by atoms with Crippen LogP contribution in [0.5, 0.6) is 0 Å². The van der Waals surface area contributed by atoms with Crippen LogP contribution in [0.3, 0.4) is 0 Å². The second-order valence-corrected chi connectivity index (χ2v) is 18.3. The molecule has 4 aliphatic carbocycles. The average molecular weight is 756 g/mol. The monoisotopic (exact) mass is 754 g/mol. The minimum atomic E-state index is -4.35. The summed E-state index contributed by atoms with van der Waals surface area (Å²) in [5.41, 5.74) is -4.57. The molecule has 3 fully saturated rings. The standard InChI is InChI=1S/C32H44Cl2O12S2/c1-8-10-24(37)43-17-23(36)32(44-25(38)11-9-2)18(3)14-20-26-28(46-48(7,41)42)27(45-47(6,39)40)21-15-19(35)12-13-29(21,4)31(26,34)22(33)16-30(20,32)5/h12-13,15,18,20,22,26-28H,8-11,14,16-17H2,1-7H3/t18-,20+,22+,26-,27+,28-,29+,30+,31-,32-/m1/s1. The summed E-state index contributed by atoms with van der Waals surface area (Å²) in [5.74, 6) is -5.13. The lowest BCUT2D eigenvalue weighted by Crippen LogP contribution is -2.74. The Morgan fingerprint density at radius 2 is 1.56 bits per heavy atom. The molecule has 0 aromatic rings. The number of alkyl halides is 2. The number of esters is 2. The highest BCUT2D eigenvalue weighted by Gasteiger charge is 2.79. The van der Waals surface area contributed by atoms with Crippen LogP contribution in [0.2, 0.25) is 0 Å². The Morgan fingerprint density at radius 1 is 0.979 bits per heavy atom. The van der Waals surface area contributed by atoms with Gasteiger partial charge in [0.2, 0.25) is 5.78 Å². The zero-order valence-electron chi connectivity index (χ0n) is 28.1. The van der Waals surface area contributed by atoms with Crippen LogP contribution >= 0.6 is 23.2 Å². The maximum atomic E-state index is 14.4. The van der Waals surface area contributed by atoms with Crippen molar-refractivity contribution in [2.24, 2.45) is 28.6 Å². The molecule has 0 saturated heterocycles. The fourth-order valence-electron chi connectivity index (χ4n) is 8.88. The summed E-state index contributed by atoms with van der Waals surface area (Å²) in [6.07, 6.45) is 3.29. The van der Waals surface area contributed by atoms with E-state index in [1.54, 1.807) is 34.6 Å². The van der Waals surface area contributed by atoms with E-state index in [2.05, 4.69) is 0 Å². The lowest BCUT2D eigenvalue weighted by molar-refractivity contribution is -0.200. The van der Waals surface area contributed by atoms with Crippen LogP contribution < -0.4 is 0 Å². The second kappa shape index (κ2) is 13.4. The van der Waals surface area contributed by atoms with Gasteiger partial charge in [-0.25, -0.2) is 0 Å². The van der Waals surface area contributed by atoms with Gasteiger partial charge in [-0.15, -0.1) is 23.2 Å². The number of halogens is 2. The van der Waals surface area contributed by atoms with Gasteiger partial charge < -0.3 is 9.47 Å². The Balaban J connectivity index is 2.00. The van der Waals surface area contributed by atoms with Crippen LogP contribution in [0.4, 0.5) is 0 Å². The third-order valence-electron chi connectivity index (χ3n) is 10.7. The van der Waals surface area contributed by atoms with E-state index in [-0.39, 0.29) is 31.3 Å². The first-order chi connectivity index (χ1) is 22.0. The zero-order valence-corrected chi connectivity index (χ0v) is 31.3. The molecule has 10 atom stereocenters. The van der Waals surface area contributed by atoms with Crippen LogP contribution in [-0.2, 0) is 57.3 Å². The van der Waals surface area contributed by atoms with Crippen molar-refractivity contribution in [3.05, 3.63) is 23.8 Å². The minimum Gasteiger partial charge on any atom is -0.457 e. The predicted octanol–water partition coefficient (Wildman–Crippen LogP) is 4.02. The Hall–Kier alpha value is -1.84. The van der Waals surface area contributed by atoms with Crippen molar-refractivity contribution in [2.45, 2.75) is 101 Å². The number of ketones is 2. The van der Waals surface area contributed by atoms with Crippen molar-refractivity contribution < 1.29 is 53.9 Å². The van der Waals surface area contributed by atoms with Crippen LogP contribution in [0, 0.1) is 28.6 Å². The molecule has 16 heteroatoms. The molecule has 270 valence electrons. The zero-order chi connectivity index (χ0) is 36.3. The van der Waals surface area contributed by atoms with E-state index in [1.165, 1.54) is 12.2 Å². The molecule has 12 nitrogen and oxygen atoms in total. The number of allylic oxidation sites excluding steroid dienone is 3. The fraction of sp³-hybridized carbons (Fsp3) is 0.750. The summed E-state index contributed by atoms with van der Waals surface area (Å²) in [5, 5.41) is -1.11. The summed E-state index contributed by atoms with van der Waals surface area (Å²) >= 11 is 15.0. The van der Waals surface area contributed by atoms with Gasteiger partial charge in [-0.2, -0.15) is 16.8 Å². The normalized spacial score (nSPS) is 39.1. The summed E-state index contributed by atoms with van der Waals surface area (Å²) in [4.78, 5) is 51.1. The van der Waals surface area contributed by atoms with Gasteiger partial charge in [-0.1, -0.05) is 40.7 Å². The lowest BCUT2D eigenvalue weighted by Gasteiger charge is -2.66. The summed E-state index contributed by atoms with van der Waals surface area (Å²) in [6.45, 7) is 7.94. The smallest absolute Gasteiger partial charge is 0.306 e. The lowest BCUT2D eigenvalue weighted by atomic mass is 9.45. The molecule has 0 radical (unpaired) electrons. The fourth-order valence-corrected chi connectivity index (χ4v) is 11.3. The van der Waals surface area contributed by atoms with Crippen LogP contribution in [0.15, 0.2) is 23.8 Å². The maximum absolute atomic E-state index is 14.4. The first kappa shape index (κ1) is 39.0. The number of rotatable bonds is 12. The van der Waals surface area contributed by atoms with E-state index in [4.69, 9.17) is 41.0 Å². The molecule has 4 rings (SSSR count). The third kappa shape index (κ3) is 6.42. The number of Topliss-reactive ketones (excluding diaryl/α,β-unsaturated/α-hetero) is 1. The van der Waals surface area contributed by atoms with E-state index < -0.39 is 107 Å². The maximum Gasteiger partial charge on any atom is 0.306 e. The highest BCUT2D eigenvalue weighted by molar-refractivity contribution is 7.86. The van der Waals surface area contributed by atoms with Gasteiger partial charge in [0, 0.05) is 35.5 Å². The Labute approximate surface area is 292 Å². The summed E-state index contributed by atoms with van der Waals surface area (Å²) < 4.78 is 74.0. The van der Waals surface area contributed by atoms with E-state index in [0.717, 1.165) is 18.6 Å². The van der Waals surface area contributed by atoms with Gasteiger partial charge in [0.1, 0.15) is 12.2 Å². The summed E-state index contributed by atoms with van der Waals surface area (Å²) in [6, 6.07) is 0. The van der Waals surface area contributed by atoms with Gasteiger partial charge in [0.25, 0.3) is 20.2 Å². The topological polar surface area (TPSA) is 173 Å². The third-order valence-corrected chi connectivity index (χ3v) is 13.4. The van der Waals surface area contributed by atoms with Crippen molar-refractivity contribution in [1.82, 2.24) is 0 Å². The van der Waals surface area contributed by atoms with Gasteiger partial charge in [0.15, 0.2) is 18.0 Å². The number of carbonyl (C=O) groups excluding carboxylic acids is 4. The average Bonchev–Trinajstić information content (AvgIpc) is 3.16. The molecule has 4 aliphatic rings. The number of fused-ring (bicyclic) bond motifs is 5. The molecule has 48 heavy (non-hydrogen) atoms. The summed E-state index contributed by atoms with van der Waals surface area (Å²) in [7, 11) is -8.66. The van der Waals surface area contributed by atoms with Crippen molar-refractivity contribution in [2.75, 3.05) is 19.1 Å². The molecule has 0 heterocycles. The molecule has 0 unspecified atom stereocenters. The molecule has 0 aliphatic heterocycles. The Morgan fingerprint density at radius 3 is 2.12 bits per heavy atom. The number of hydrogen-bond acceptors (Lipinski definition) is 12. The largest absolute Gasteiger partial charge is 0.457 e. The van der Waals surface area contributed by atoms with E-state index >= 15 is 0 Å². The quantitative estimate of drug-likeness (QED) is 0.159. The minimum absolute atomic E-state index is 0.0135. The number of carbonyl (C=O) groups is 4. The first-order valence-electron chi connectivity index (χ1n) is 16.0. The highest BCUT2D eigenvalue weighted by Crippen LogP contribution is 2.73. The van der Waals surface area contributed by atoms with Crippen LogP contribution in [0.25, 0.3) is 0 Å². The molecule has 0 aromatic carbocycles. The molecular weight excluding hydrogens is 711 g/mol. The van der Waals surface area contributed by atoms with E-state index in [0.29, 0.717) is 12.8 Å². The van der Waals surface area contributed by atoms with Crippen molar-refractivity contribution in [3.63, 3.8) is 0 Å². The van der Waals surface area contributed by atoms with Crippen molar-refractivity contribution >= 4 is 66.9 Å². The molecule has 0 amide bonds. The Bertz CT molecular complexity index is 1640. The van der Waals surface area contributed by atoms with Gasteiger partial charge in [-0.05, 0) is 49.3 Å². The van der Waals surface area contributed by atoms with Gasteiger partial charge in [-0.3, -0.25) is 27.5 Å². The molecule has 0 bridgehead atoms. The van der Waals surface area contributed by atoms with Gasteiger partial charge in [0.05, 0.1) is 22.8 Å². The number of hydrogen-bond donors (Lipinski definition) is 0. The van der Waals surface area contributed by atoms with E-state index in [9.17, 15) is 36.0 Å². The number of ether oxygens (including phenoxy) is 2. The Kier molecular flexibility index (Phi) is 10.9. The highest BCUT2D eigenvalue weighted by atomic mass is 35.5. The van der Waals surface area contributed by atoms with Gasteiger partial charge >= 0.3 is 11.9 Å². The van der Waals surface area contributed by atoms with Crippen molar-refractivity contribution in [3.8, 4) is 0 Å².